The number of H-pyrrole nitrogens is 1. The van der Waals surface area contributed by atoms with Gasteiger partial charge in [0.15, 0.2) is 0 Å². The third-order valence-electron chi connectivity index (χ3n) is 2.99. The SMILES string of the molecule is NC(=O)CCNC(=O)c1cc(=O)[nH]cc1-c1ccccc1F. The predicted molar refractivity (Wildman–Crippen MR) is 78.6 cm³/mol. The van der Waals surface area contributed by atoms with Crippen LogP contribution >= 0.6 is 0 Å². The molecular weight excluding hydrogens is 289 g/mol. The van der Waals surface area contributed by atoms with E-state index in [9.17, 15) is 18.8 Å². The standard InChI is InChI=1S/C15H14FN3O3/c16-12-4-2-1-3-9(12)11-8-19-14(21)7-10(11)15(22)18-6-5-13(17)20/h1-4,7-8H,5-6H2,(H2,17,20)(H,18,22)(H,19,21). The molecule has 0 aliphatic heterocycles. The number of aromatic amines is 1. The van der Waals surface area contributed by atoms with Crippen LogP contribution in [0, 0.1) is 5.82 Å². The van der Waals surface area contributed by atoms with Crippen molar-refractivity contribution in [2.45, 2.75) is 6.42 Å². The number of nitrogens with two attached hydrogens (primary N) is 1. The molecule has 2 amide bonds. The molecule has 1 aromatic heterocycles. The van der Waals surface area contributed by atoms with Crippen LogP contribution in [0.25, 0.3) is 11.1 Å². The van der Waals surface area contributed by atoms with Crippen LogP contribution in [-0.2, 0) is 4.79 Å². The number of benzene rings is 1. The minimum atomic E-state index is -0.578. The van der Waals surface area contributed by atoms with E-state index in [0.717, 1.165) is 6.07 Å². The molecule has 1 aromatic carbocycles. The maximum atomic E-state index is 13.9. The molecule has 7 heteroatoms. The van der Waals surface area contributed by atoms with Crippen LogP contribution in [0.4, 0.5) is 4.39 Å². The van der Waals surface area contributed by atoms with Crippen molar-refractivity contribution >= 4 is 11.8 Å². The van der Waals surface area contributed by atoms with Crippen LogP contribution < -0.4 is 16.6 Å². The number of amides is 2. The average molecular weight is 303 g/mol. The number of nitrogens with one attached hydrogen (secondary N) is 2. The van der Waals surface area contributed by atoms with E-state index in [1.807, 2.05) is 0 Å². The highest BCUT2D eigenvalue weighted by Crippen LogP contribution is 2.24. The summed E-state index contributed by atoms with van der Waals surface area (Å²) < 4.78 is 13.9. The largest absolute Gasteiger partial charge is 0.370 e. The molecule has 2 aromatic rings. The summed E-state index contributed by atoms with van der Waals surface area (Å²) in [5.74, 6) is -1.65. The quantitative estimate of drug-likeness (QED) is 0.760. The molecule has 4 N–H and O–H groups in total. The van der Waals surface area contributed by atoms with E-state index < -0.39 is 23.2 Å². The second kappa shape index (κ2) is 6.66. The van der Waals surface area contributed by atoms with Gasteiger partial charge < -0.3 is 16.0 Å². The summed E-state index contributed by atoms with van der Waals surface area (Å²) in [4.78, 5) is 36.7. The van der Waals surface area contributed by atoms with Crippen LogP contribution in [0.3, 0.4) is 0 Å². The Morgan fingerprint density at radius 1 is 1.23 bits per heavy atom. The first-order chi connectivity index (χ1) is 10.5. The highest BCUT2D eigenvalue weighted by Gasteiger charge is 2.16. The molecule has 0 radical (unpaired) electrons. The van der Waals surface area contributed by atoms with Crippen LogP contribution in [0.5, 0.6) is 0 Å². The van der Waals surface area contributed by atoms with Gasteiger partial charge in [-0.25, -0.2) is 4.39 Å². The van der Waals surface area contributed by atoms with Gasteiger partial charge in [-0.15, -0.1) is 0 Å². The highest BCUT2D eigenvalue weighted by atomic mass is 19.1. The van der Waals surface area contributed by atoms with E-state index in [1.54, 1.807) is 6.07 Å². The van der Waals surface area contributed by atoms with E-state index in [1.165, 1.54) is 24.4 Å². The Hall–Kier alpha value is -2.96. The topological polar surface area (TPSA) is 105 Å². The molecule has 0 atom stereocenters. The molecule has 22 heavy (non-hydrogen) atoms. The lowest BCUT2D eigenvalue weighted by molar-refractivity contribution is -0.117. The van der Waals surface area contributed by atoms with E-state index in [-0.39, 0.29) is 29.7 Å². The molecule has 114 valence electrons. The summed E-state index contributed by atoms with van der Waals surface area (Å²) in [7, 11) is 0. The van der Waals surface area contributed by atoms with Gasteiger partial charge in [-0.3, -0.25) is 14.4 Å². The second-order valence-electron chi connectivity index (χ2n) is 4.58. The lowest BCUT2D eigenvalue weighted by Crippen LogP contribution is -2.29. The van der Waals surface area contributed by atoms with E-state index in [0.29, 0.717) is 0 Å². The zero-order valence-electron chi connectivity index (χ0n) is 11.6. The molecule has 6 nitrogen and oxygen atoms in total. The molecule has 0 aliphatic carbocycles. The number of rotatable bonds is 5. The van der Waals surface area contributed by atoms with Crippen molar-refractivity contribution in [3.05, 3.63) is 58.3 Å². The van der Waals surface area contributed by atoms with Crippen molar-refractivity contribution in [2.24, 2.45) is 5.73 Å². The minimum Gasteiger partial charge on any atom is -0.370 e. The number of aromatic nitrogens is 1. The van der Waals surface area contributed by atoms with Crippen LogP contribution in [0.2, 0.25) is 0 Å². The van der Waals surface area contributed by atoms with Crippen molar-refractivity contribution in [3.8, 4) is 11.1 Å². The first kappa shape index (κ1) is 15.4. The maximum Gasteiger partial charge on any atom is 0.252 e. The van der Waals surface area contributed by atoms with Crippen molar-refractivity contribution in [3.63, 3.8) is 0 Å². The van der Waals surface area contributed by atoms with Gasteiger partial charge in [0.25, 0.3) is 5.91 Å². The minimum absolute atomic E-state index is 0.0238. The third kappa shape index (κ3) is 3.57. The number of carbonyl (C=O) groups excluding carboxylic acids is 2. The van der Waals surface area contributed by atoms with Gasteiger partial charge in [0.2, 0.25) is 11.5 Å². The Bertz CT molecular complexity index is 771. The smallest absolute Gasteiger partial charge is 0.252 e. The first-order valence-electron chi connectivity index (χ1n) is 6.53. The molecule has 0 saturated carbocycles. The fourth-order valence-corrected chi connectivity index (χ4v) is 1.96. The normalized spacial score (nSPS) is 10.2. The van der Waals surface area contributed by atoms with Crippen LogP contribution in [0.15, 0.2) is 41.3 Å². The molecule has 2 rings (SSSR count). The Balaban J connectivity index is 2.36. The van der Waals surface area contributed by atoms with E-state index in [4.69, 9.17) is 5.73 Å². The average Bonchev–Trinajstić information content (AvgIpc) is 2.47. The Morgan fingerprint density at radius 3 is 2.64 bits per heavy atom. The summed E-state index contributed by atoms with van der Waals surface area (Å²) in [5, 5.41) is 2.47. The predicted octanol–water partition coefficient (Wildman–Crippen LogP) is 0.786. The van der Waals surface area contributed by atoms with Crippen molar-refractivity contribution < 1.29 is 14.0 Å². The van der Waals surface area contributed by atoms with Gasteiger partial charge in [0.1, 0.15) is 5.82 Å². The summed E-state index contributed by atoms with van der Waals surface area (Å²) in [6.45, 7) is 0.0394. The zero-order valence-corrected chi connectivity index (χ0v) is 11.6. The lowest BCUT2D eigenvalue weighted by atomic mass is 10.0. The number of carbonyl (C=O) groups is 2. The highest BCUT2D eigenvalue weighted by molar-refractivity contribution is 6.00. The zero-order chi connectivity index (χ0) is 16.1. The van der Waals surface area contributed by atoms with Crippen LogP contribution in [-0.4, -0.2) is 23.3 Å². The molecule has 0 unspecified atom stereocenters. The monoisotopic (exact) mass is 303 g/mol. The number of hydrogen-bond acceptors (Lipinski definition) is 3. The van der Waals surface area contributed by atoms with Crippen molar-refractivity contribution in [1.82, 2.24) is 10.3 Å². The fraction of sp³-hybridized carbons (Fsp3) is 0.133. The van der Waals surface area contributed by atoms with Crippen molar-refractivity contribution in [1.29, 1.82) is 0 Å². The molecule has 0 saturated heterocycles. The summed E-state index contributed by atoms with van der Waals surface area (Å²) >= 11 is 0. The molecule has 0 aliphatic rings. The van der Waals surface area contributed by atoms with Gasteiger partial charge in [0, 0.05) is 36.4 Å². The lowest BCUT2D eigenvalue weighted by Gasteiger charge is -2.10. The molecule has 0 bridgehead atoms. The maximum absolute atomic E-state index is 13.9. The van der Waals surface area contributed by atoms with Gasteiger partial charge in [-0.05, 0) is 6.07 Å². The Kier molecular flexibility index (Phi) is 4.67. The molecular formula is C15H14FN3O3. The third-order valence-corrected chi connectivity index (χ3v) is 2.99. The van der Waals surface area contributed by atoms with Gasteiger partial charge >= 0.3 is 0 Å². The second-order valence-corrected chi connectivity index (χ2v) is 4.58. The van der Waals surface area contributed by atoms with Gasteiger partial charge in [0.05, 0.1) is 5.56 Å². The summed E-state index contributed by atoms with van der Waals surface area (Å²) in [5.41, 5.74) is 4.98. The van der Waals surface area contributed by atoms with Crippen molar-refractivity contribution in [2.75, 3.05) is 6.54 Å². The fourth-order valence-electron chi connectivity index (χ4n) is 1.96. The molecule has 0 fully saturated rings. The number of hydrogen-bond donors (Lipinski definition) is 3. The summed E-state index contributed by atoms with van der Waals surface area (Å²) in [6, 6.07) is 7.00. The number of pyridine rings is 1. The molecule has 0 spiro atoms. The summed E-state index contributed by atoms with van der Waals surface area (Å²) in [6.07, 6.45) is 1.26. The van der Waals surface area contributed by atoms with Crippen LogP contribution in [0.1, 0.15) is 16.8 Å². The number of halogens is 1. The molecule has 1 heterocycles. The van der Waals surface area contributed by atoms with Gasteiger partial charge in [-0.1, -0.05) is 18.2 Å². The number of primary amides is 1. The van der Waals surface area contributed by atoms with E-state index >= 15 is 0 Å². The Labute approximate surface area is 125 Å². The Morgan fingerprint density at radius 2 is 1.95 bits per heavy atom. The first-order valence-corrected chi connectivity index (χ1v) is 6.53. The van der Waals surface area contributed by atoms with Gasteiger partial charge in [-0.2, -0.15) is 0 Å². The van der Waals surface area contributed by atoms with E-state index in [2.05, 4.69) is 10.3 Å².